The van der Waals surface area contributed by atoms with Crippen molar-refractivity contribution < 1.29 is 19.4 Å². The number of carbonyl (C=O) groups is 1. The van der Waals surface area contributed by atoms with Crippen LogP contribution in [-0.4, -0.2) is 24.3 Å². The van der Waals surface area contributed by atoms with E-state index in [1.54, 1.807) is 25.3 Å². The molecule has 0 amide bonds. The zero-order chi connectivity index (χ0) is 11.3. The van der Waals surface area contributed by atoms with Gasteiger partial charge >= 0.3 is 5.97 Å². The largest absolute Gasteiger partial charge is 0.479 e. The first kappa shape index (κ1) is 11.5. The lowest BCUT2D eigenvalue weighted by Gasteiger charge is -2.11. The summed E-state index contributed by atoms with van der Waals surface area (Å²) in [6, 6.07) is 7.18. The maximum atomic E-state index is 10.6. The second-order valence-electron chi connectivity index (χ2n) is 3.18. The van der Waals surface area contributed by atoms with Crippen LogP contribution in [0.5, 0.6) is 5.75 Å². The molecule has 0 spiro atoms. The zero-order valence-corrected chi connectivity index (χ0v) is 8.77. The Kier molecular flexibility index (Phi) is 4.12. The van der Waals surface area contributed by atoms with Crippen LogP contribution in [0.25, 0.3) is 0 Å². The normalized spacial score (nSPS) is 12.1. The van der Waals surface area contributed by atoms with Gasteiger partial charge in [-0.15, -0.1) is 0 Å². The van der Waals surface area contributed by atoms with Crippen molar-refractivity contribution in [3.05, 3.63) is 29.8 Å². The van der Waals surface area contributed by atoms with E-state index in [2.05, 4.69) is 0 Å². The van der Waals surface area contributed by atoms with Crippen molar-refractivity contribution >= 4 is 5.97 Å². The van der Waals surface area contributed by atoms with Crippen LogP contribution in [0.15, 0.2) is 24.3 Å². The number of carboxylic acid groups (broad SMARTS) is 1. The number of ether oxygens (including phenoxy) is 2. The summed E-state index contributed by atoms with van der Waals surface area (Å²) < 4.78 is 10.2. The first-order chi connectivity index (χ1) is 7.13. The van der Waals surface area contributed by atoms with Gasteiger partial charge in [-0.2, -0.15) is 0 Å². The monoisotopic (exact) mass is 210 g/mol. The summed E-state index contributed by atoms with van der Waals surface area (Å²) in [5, 5.41) is 8.67. The molecule has 1 N–H and O–H groups in total. The molecule has 0 bridgehead atoms. The summed E-state index contributed by atoms with van der Waals surface area (Å²) in [7, 11) is 1.60. The summed E-state index contributed by atoms with van der Waals surface area (Å²) >= 11 is 0. The Morgan fingerprint density at radius 1 is 1.53 bits per heavy atom. The van der Waals surface area contributed by atoms with Crippen molar-refractivity contribution in [1.82, 2.24) is 0 Å². The van der Waals surface area contributed by atoms with E-state index < -0.39 is 12.1 Å². The standard InChI is InChI=1S/C11H14O4/c1-8(11(12)13)15-10-5-3-4-9(6-10)7-14-2/h3-6,8H,7H2,1-2H3,(H,12,13)/t8-/m1/s1. The molecule has 1 rings (SSSR count). The summed E-state index contributed by atoms with van der Waals surface area (Å²) in [5.41, 5.74) is 0.951. The van der Waals surface area contributed by atoms with Crippen LogP contribution in [0.4, 0.5) is 0 Å². The molecular formula is C11H14O4. The molecule has 1 atom stereocenters. The molecular weight excluding hydrogens is 196 g/mol. The molecule has 0 fully saturated rings. The SMILES string of the molecule is COCc1cccc(O[C@H](C)C(=O)O)c1. The highest BCUT2D eigenvalue weighted by molar-refractivity contribution is 5.72. The van der Waals surface area contributed by atoms with Crippen molar-refractivity contribution in [2.45, 2.75) is 19.6 Å². The van der Waals surface area contributed by atoms with Gasteiger partial charge in [-0.1, -0.05) is 12.1 Å². The molecule has 0 radical (unpaired) electrons. The predicted octanol–water partition coefficient (Wildman–Crippen LogP) is 1.68. The number of hydrogen-bond acceptors (Lipinski definition) is 3. The third-order valence-electron chi connectivity index (χ3n) is 1.87. The highest BCUT2D eigenvalue weighted by atomic mass is 16.5. The molecule has 1 aromatic rings. The quantitative estimate of drug-likeness (QED) is 0.803. The van der Waals surface area contributed by atoms with Crippen LogP contribution in [0, 0.1) is 0 Å². The molecule has 0 aliphatic carbocycles. The van der Waals surface area contributed by atoms with Crippen molar-refractivity contribution in [1.29, 1.82) is 0 Å². The van der Waals surface area contributed by atoms with E-state index in [-0.39, 0.29) is 0 Å². The highest BCUT2D eigenvalue weighted by Gasteiger charge is 2.12. The van der Waals surface area contributed by atoms with Gasteiger partial charge in [-0.3, -0.25) is 0 Å². The van der Waals surface area contributed by atoms with Gasteiger partial charge in [-0.05, 0) is 24.6 Å². The Bertz CT molecular complexity index is 335. The van der Waals surface area contributed by atoms with Gasteiger partial charge in [-0.25, -0.2) is 4.79 Å². The summed E-state index contributed by atoms with van der Waals surface area (Å²) in [6.45, 7) is 1.98. The molecule has 1 aromatic carbocycles. The van der Waals surface area contributed by atoms with Crippen molar-refractivity contribution in [3.8, 4) is 5.75 Å². The Balaban J connectivity index is 2.68. The molecule has 0 aromatic heterocycles. The number of methoxy groups -OCH3 is 1. The fraction of sp³-hybridized carbons (Fsp3) is 0.364. The predicted molar refractivity (Wildman–Crippen MR) is 54.9 cm³/mol. The van der Waals surface area contributed by atoms with Crippen molar-refractivity contribution in [2.24, 2.45) is 0 Å². The minimum absolute atomic E-state index is 0.485. The topological polar surface area (TPSA) is 55.8 Å². The van der Waals surface area contributed by atoms with Crippen molar-refractivity contribution in [2.75, 3.05) is 7.11 Å². The average Bonchev–Trinajstić information content (AvgIpc) is 2.18. The van der Waals surface area contributed by atoms with Gasteiger partial charge in [0.05, 0.1) is 6.61 Å². The summed E-state index contributed by atoms with van der Waals surface area (Å²) in [5.74, 6) is -0.438. The van der Waals surface area contributed by atoms with Gasteiger partial charge in [0.25, 0.3) is 0 Å². The van der Waals surface area contributed by atoms with Gasteiger partial charge < -0.3 is 14.6 Å². The Labute approximate surface area is 88.4 Å². The van der Waals surface area contributed by atoms with Crippen LogP contribution in [-0.2, 0) is 16.1 Å². The Morgan fingerprint density at radius 2 is 2.27 bits per heavy atom. The van der Waals surface area contributed by atoms with Crippen LogP contribution in [0.1, 0.15) is 12.5 Å². The van der Waals surface area contributed by atoms with E-state index in [0.717, 1.165) is 5.56 Å². The second kappa shape index (κ2) is 5.36. The lowest BCUT2D eigenvalue weighted by molar-refractivity contribution is -0.144. The first-order valence-electron chi connectivity index (χ1n) is 4.61. The Hall–Kier alpha value is -1.55. The van der Waals surface area contributed by atoms with Crippen molar-refractivity contribution in [3.63, 3.8) is 0 Å². The van der Waals surface area contributed by atoms with E-state index in [1.807, 2.05) is 6.07 Å². The third-order valence-corrected chi connectivity index (χ3v) is 1.87. The van der Waals surface area contributed by atoms with Gasteiger partial charge in [0.15, 0.2) is 6.10 Å². The van der Waals surface area contributed by atoms with E-state index >= 15 is 0 Å². The van der Waals surface area contributed by atoms with E-state index in [9.17, 15) is 4.79 Å². The number of carboxylic acids is 1. The highest BCUT2D eigenvalue weighted by Crippen LogP contribution is 2.15. The fourth-order valence-electron chi connectivity index (χ4n) is 1.13. The van der Waals surface area contributed by atoms with Crippen LogP contribution in [0.2, 0.25) is 0 Å². The molecule has 0 saturated heterocycles. The lowest BCUT2D eigenvalue weighted by Crippen LogP contribution is -2.22. The number of rotatable bonds is 5. The van der Waals surface area contributed by atoms with Crippen LogP contribution < -0.4 is 4.74 Å². The zero-order valence-electron chi connectivity index (χ0n) is 8.77. The van der Waals surface area contributed by atoms with Crippen LogP contribution in [0.3, 0.4) is 0 Å². The molecule has 0 saturated carbocycles. The number of benzene rings is 1. The average molecular weight is 210 g/mol. The molecule has 0 heterocycles. The molecule has 15 heavy (non-hydrogen) atoms. The van der Waals surface area contributed by atoms with Gasteiger partial charge in [0.1, 0.15) is 5.75 Å². The minimum Gasteiger partial charge on any atom is -0.479 e. The minimum atomic E-state index is -0.979. The molecule has 0 aliphatic rings. The molecule has 4 heteroatoms. The molecule has 0 aliphatic heterocycles. The van der Waals surface area contributed by atoms with Gasteiger partial charge in [0, 0.05) is 7.11 Å². The summed E-state index contributed by atoms with van der Waals surface area (Å²) in [6.07, 6.45) is -0.845. The van der Waals surface area contributed by atoms with E-state index in [4.69, 9.17) is 14.6 Å². The number of aliphatic carboxylic acids is 1. The maximum Gasteiger partial charge on any atom is 0.344 e. The van der Waals surface area contributed by atoms with Crippen LogP contribution >= 0.6 is 0 Å². The van der Waals surface area contributed by atoms with E-state index in [1.165, 1.54) is 6.92 Å². The molecule has 0 unspecified atom stereocenters. The first-order valence-corrected chi connectivity index (χ1v) is 4.61. The van der Waals surface area contributed by atoms with E-state index in [0.29, 0.717) is 12.4 Å². The Morgan fingerprint density at radius 3 is 2.87 bits per heavy atom. The fourth-order valence-corrected chi connectivity index (χ4v) is 1.13. The maximum absolute atomic E-state index is 10.6. The number of hydrogen-bond donors (Lipinski definition) is 1. The molecule has 4 nitrogen and oxygen atoms in total. The second-order valence-corrected chi connectivity index (χ2v) is 3.18. The molecule has 82 valence electrons. The summed E-state index contributed by atoms with van der Waals surface area (Å²) in [4.78, 5) is 10.6. The third kappa shape index (κ3) is 3.59. The van der Waals surface area contributed by atoms with Gasteiger partial charge in [0.2, 0.25) is 0 Å². The smallest absolute Gasteiger partial charge is 0.344 e. The lowest BCUT2D eigenvalue weighted by atomic mass is 10.2.